The van der Waals surface area contributed by atoms with E-state index < -0.39 is 16.7 Å². The average Bonchev–Trinajstić information content (AvgIpc) is 2.86. The molecule has 1 aliphatic heterocycles. The SMILES string of the molecule is CC(C)OCCN1C(=O)C(c2ccc([N+](=O)[O-])cc2)=C(N(C)CCO)C1=O. The van der Waals surface area contributed by atoms with Gasteiger partial charge in [-0.1, -0.05) is 0 Å². The van der Waals surface area contributed by atoms with Crippen LogP contribution in [0.2, 0.25) is 0 Å². The number of amides is 2. The summed E-state index contributed by atoms with van der Waals surface area (Å²) in [6.45, 7) is 4.00. The number of aliphatic hydroxyl groups is 1. The lowest BCUT2D eigenvalue weighted by Crippen LogP contribution is -2.37. The molecule has 0 saturated heterocycles. The zero-order valence-electron chi connectivity index (χ0n) is 15.5. The van der Waals surface area contributed by atoms with Gasteiger partial charge < -0.3 is 14.7 Å². The van der Waals surface area contributed by atoms with Crippen LogP contribution in [0.1, 0.15) is 19.4 Å². The Labute approximate surface area is 157 Å². The summed E-state index contributed by atoms with van der Waals surface area (Å²) in [5, 5.41) is 20.1. The van der Waals surface area contributed by atoms with Crippen LogP contribution in [0.4, 0.5) is 5.69 Å². The van der Waals surface area contributed by atoms with E-state index >= 15 is 0 Å². The molecule has 9 nitrogen and oxygen atoms in total. The molecular weight excluding hydrogens is 354 g/mol. The molecule has 0 aliphatic carbocycles. The lowest BCUT2D eigenvalue weighted by Gasteiger charge is -2.20. The van der Waals surface area contributed by atoms with Crippen LogP contribution in [0.25, 0.3) is 5.57 Å². The predicted molar refractivity (Wildman–Crippen MR) is 97.5 cm³/mol. The maximum absolute atomic E-state index is 12.9. The van der Waals surface area contributed by atoms with Gasteiger partial charge in [0.15, 0.2) is 0 Å². The molecule has 0 atom stereocenters. The molecule has 27 heavy (non-hydrogen) atoms. The van der Waals surface area contributed by atoms with Crippen molar-refractivity contribution in [2.75, 3.05) is 33.4 Å². The summed E-state index contributed by atoms with van der Waals surface area (Å²) in [5.74, 6) is -0.961. The number of benzene rings is 1. The summed E-state index contributed by atoms with van der Waals surface area (Å²) in [4.78, 5) is 38.7. The lowest BCUT2D eigenvalue weighted by atomic mass is 10.0. The number of nitro groups is 1. The van der Waals surface area contributed by atoms with Gasteiger partial charge in [-0.2, -0.15) is 0 Å². The number of imide groups is 1. The summed E-state index contributed by atoms with van der Waals surface area (Å²) in [6.07, 6.45) is -0.0311. The Morgan fingerprint density at radius 3 is 2.37 bits per heavy atom. The summed E-state index contributed by atoms with van der Waals surface area (Å²) >= 11 is 0. The highest BCUT2D eigenvalue weighted by molar-refractivity contribution is 6.35. The first-order chi connectivity index (χ1) is 12.8. The number of hydrogen-bond donors (Lipinski definition) is 1. The molecule has 0 spiro atoms. The summed E-state index contributed by atoms with van der Waals surface area (Å²) in [6, 6.07) is 5.46. The molecule has 9 heteroatoms. The molecule has 0 aromatic heterocycles. The fraction of sp³-hybridized carbons (Fsp3) is 0.444. The molecule has 146 valence electrons. The summed E-state index contributed by atoms with van der Waals surface area (Å²) < 4.78 is 5.43. The zero-order valence-corrected chi connectivity index (χ0v) is 15.5. The van der Waals surface area contributed by atoms with Crippen LogP contribution in [-0.2, 0) is 14.3 Å². The molecule has 1 heterocycles. The van der Waals surface area contributed by atoms with Gasteiger partial charge >= 0.3 is 0 Å². The van der Waals surface area contributed by atoms with Gasteiger partial charge in [0.2, 0.25) is 0 Å². The number of non-ortho nitro benzene ring substituents is 1. The van der Waals surface area contributed by atoms with Crippen LogP contribution in [0.3, 0.4) is 0 Å². The van der Waals surface area contributed by atoms with Crippen LogP contribution in [0, 0.1) is 10.1 Å². The van der Waals surface area contributed by atoms with E-state index in [1.165, 1.54) is 29.2 Å². The highest BCUT2D eigenvalue weighted by Crippen LogP contribution is 2.31. The minimum Gasteiger partial charge on any atom is -0.395 e. The molecule has 2 amide bonds. The smallest absolute Gasteiger partial charge is 0.277 e. The van der Waals surface area contributed by atoms with E-state index in [0.717, 1.165) is 4.90 Å². The summed E-state index contributed by atoms with van der Waals surface area (Å²) in [7, 11) is 1.61. The van der Waals surface area contributed by atoms with Crippen LogP contribution in [0.5, 0.6) is 0 Å². The third-order valence-corrected chi connectivity index (χ3v) is 4.09. The van der Waals surface area contributed by atoms with Gasteiger partial charge in [0.05, 0.1) is 36.4 Å². The largest absolute Gasteiger partial charge is 0.395 e. The van der Waals surface area contributed by atoms with Gasteiger partial charge in [-0.25, -0.2) is 0 Å². The van der Waals surface area contributed by atoms with Gasteiger partial charge in [0.1, 0.15) is 5.70 Å². The van der Waals surface area contributed by atoms with Crippen molar-refractivity contribution >= 4 is 23.1 Å². The number of aliphatic hydroxyl groups excluding tert-OH is 1. The van der Waals surface area contributed by atoms with Gasteiger partial charge in [-0.3, -0.25) is 24.6 Å². The Hall–Kier alpha value is -2.78. The van der Waals surface area contributed by atoms with Crippen molar-refractivity contribution in [2.24, 2.45) is 0 Å². The first kappa shape index (κ1) is 20.5. The van der Waals surface area contributed by atoms with Crippen LogP contribution < -0.4 is 0 Å². The van der Waals surface area contributed by atoms with Gasteiger partial charge in [-0.15, -0.1) is 0 Å². The maximum atomic E-state index is 12.9. The average molecular weight is 377 g/mol. The minimum absolute atomic E-state index is 0.0311. The molecule has 0 unspecified atom stereocenters. The number of likely N-dealkylation sites (N-methyl/N-ethyl adjacent to an activating group) is 1. The molecule has 2 rings (SSSR count). The molecule has 1 aromatic carbocycles. The van der Waals surface area contributed by atoms with E-state index in [4.69, 9.17) is 4.74 Å². The van der Waals surface area contributed by atoms with Crippen LogP contribution in [0.15, 0.2) is 30.0 Å². The topological polar surface area (TPSA) is 113 Å². The number of ether oxygens (including phenoxy) is 1. The van der Waals surface area contributed by atoms with Crippen LogP contribution in [-0.4, -0.2) is 71.1 Å². The second kappa shape index (κ2) is 8.74. The molecular formula is C18H23N3O6. The second-order valence-corrected chi connectivity index (χ2v) is 6.35. The number of nitrogens with zero attached hydrogens (tertiary/aromatic N) is 3. The first-order valence-electron chi connectivity index (χ1n) is 8.56. The Morgan fingerprint density at radius 1 is 1.22 bits per heavy atom. The van der Waals surface area contributed by atoms with E-state index in [1.807, 2.05) is 13.8 Å². The second-order valence-electron chi connectivity index (χ2n) is 6.35. The van der Waals surface area contributed by atoms with Crippen molar-refractivity contribution in [3.05, 3.63) is 45.6 Å². The third-order valence-electron chi connectivity index (χ3n) is 4.09. The number of carbonyl (C=O) groups excluding carboxylic acids is 2. The van der Waals surface area contributed by atoms with E-state index in [2.05, 4.69) is 0 Å². The molecule has 1 aromatic rings. The fourth-order valence-corrected chi connectivity index (χ4v) is 2.77. The maximum Gasteiger partial charge on any atom is 0.277 e. The fourth-order valence-electron chi connectivity index (χ4n) is 2.77. The highest BCUT2D eigenvalue weighted by atomic mass is 16.6. The number of nitro benzene ring substituents is 1. The number of rotatable bonds is 9. The summed E-state index contributed by atoms with van der Waals surface area (Å²) in [5.41, 5.74) is 0.623. The van der Waals surface area contributed by atoms with Crippen molar-refractivity contribution in [3.63, 3.8) is 0 Å². The van der Waals surface area contributed by atoms with Gasteiger partial charge in [0.25, 0.3) is 17.5 Å². The molecule has 0 bridgehead atoms. The van der Waals surface area contributed by atoms with Crippen molar-refractivity contribution in [3.8, 4) is 0 Å². The molecule has 0 radical (unpaired) electrons. The molecule has 1 aliphatic rings. The van der Waals surface area contributed by atoms with Crippen molar-refractivity contribution in [1.29, 1.82) is 0 Å². The van der Waals surface area contributed by atoms with E-state index in [0.29, 0.717) is 5.56 Å². The van der Waals surface area contributed by atoms with E-state index in [1.54, 1.807) is 7.05 Å². The Kier molecular flexibility index (Phi) is 6.65. The van der Waals surface area contributed by atoms with Crippen molar-refractivity contribution < 1.29 is 24.4 Å². The number of carbonyl (C=O) groups is 2. The monoisotopic (exact) mass is 377 g/mol. The highest BCUT2D eigenvalue weighted by Gasteiger charge is 2.40. The Bertz CT molecular complexity index is 757. The van der Waals surface area contributed by atoms with E-state index in [9.17, 15) is 24.8 Å². The van der Waals surface area contributed by atoms with Gasteiger partial charge in [-0.05, 0) is 31.5 Å². The molecule has 0 saturated carbocycles. The van der Waals surface area contributed by atoms with E-state index in [-0.39, 0.29) is 49.4 Å². The van der Waals surface area contributed by atoms with Gasteiger partial charge in [0, 0.05) is 25.7 Å². The Morgan fingerprint density at radius 2 is 1.85 bits per heavy atom. The minimum atomic E-state index is -0.534. The lowest BCUT2D eigenvalue weighted by molar-refractivity contribution is -0.384. The van der Waals surface area contributed by atoms with Crippen molar-refractivity contribution in [1.82, 2.24) is 9.80 Å². The third kappa shape index (κ3) is 4.50. The number of hydrogen-bond acceptors (Lipinski definition) is 7. The zero-order chi connectivity index (χ0) is 20.1. The predicted octanol–water partition coefficient (Wildman–Crippen LogP) is 1.02. The standard InChI is InChI=1S/C18H23N3O6/c1-12(2)27-11-9-20-17(23)15(16(18(20)24)19(3)8-10-22)13-4-6-14(7-5-13)21(25)26/h4-7,12,22H,8-11H2,1-3H3. The molecule has 0 fully saturated rings. The quantitative estimate of drug-likeness (QED) is 0.388. The Balaban J connectivity index is 2.39. The van der Waals surface area contributed by atoms with Crippen molar-refractivity contribution in [2.45, 2.75) is 20.0 Å². The van der Waals surface area contributed by atoms with Crippen LogP contribution >= 0.6 is 0 Å². The molecule has 1 N–H and O–H groups in total. The first-order valence-corrected chi connectivity index (χ1v) is 8.56. The normalized spacial score (nSPS) is 14.5.